The van der Waals surface area contributed by atoms with Crippen LogP contribution in [0, 0.1) is 5.92 Å². The Morgan fingerprint density at radius 3 is 2.80 bits per heavy atom. The van der Waals surface area contributed by atoms with Gasteiger partial charge in [-0.3, -0.25) is 9.59 Å². The molecule has 6 heteroatoms. The smallest absolute Gasteiger partial charge is 0.311 e. The zero-order chi connectivity index (χ0) is 11.4. The maximum absolute atomic E-state index is 11.4. The van der Waals surface area contributed by atoms with Crippen molar-refractivity contribution < 1.29 is 19.4 Å². The molecule has 0 aliphatic carbocycles. The minimum atomic E-state index is -0.956. The highest BCUT2D eigenvalue weighted by molar-refractivity contribution is 5.82. The van der Waals surface area contributed by atoms with Crippen LogP contribution in [0.25, 0.3) is 0 Å². The van der Waals surface area contributed by atoms with Crippen LogP contribution in [-0.2, 0) is 14.3 Å². The third-order valence-electron chi connectivity index (χ3n) is 2.50. The highest BCUT2D eigenvalue weighted by atomic mass is 16.5. The topological polar surface area (TPSA) is 102 Å². The van der Waals surface area contributed by atoms with E-state index in [1.54, 1.807) is 6.92 Å². The first-order valence-corrected chi connectivity index (χ1v) is 4.92. The maximum atomic E-state index is 11.4. The fourth-order valence-electron chi connectivity index (χ4n) is 1.42. The number of rotatable bonds is 4. The van der Waals surface area contributed by atoms with Gasteiger partial charge in [-0.05, 0) is 6.42 Å². The lowest BCUT2D eigenvalue weighted by Crippen LogP contribution is -2.49. The lowest BCUT2D eigenvalue weighted by atomic mass is 10.0. The number of hydrogen-bond donors (Lipinski definition) is 3. The van der Waals surface area contributed by atoms with Crippen molar-refractivity contribution >= 4 is 11.9 Å². The highest BCUT2D eigenvalue weighted by Crippen LogP contribution is 2.13. The van der Waals surface area contributed by atoms with E-state index in [4.69, 9.17) is 15.6 Å². The second-order valence-corrected chi connectivity index (χ2v) is 3.61. The van der Waals surface area contributed by atoms with Crippen LogP contribution in [0.15, 0.2) is 0 Å². The number of amides is 1. The Kier molecular flexibility index (Phi) is 4.05. The molecule has 0 bridgehead atoms. The summed E-state index contributed by atoms with van der Waals surface area (Å²) >= 11 is 0. The highest BCUT2D eigenvalue weighted by Gasteiger charge is 2.35. The lowest BCUT2D eigenvalue weighted by molar-refractivity contribution is -0.142. The van der Waals surface area contributed by atoms with E-state index in [0.29, 0.717) is 6.42 Å². The number of carbonyl (C=O) groups excluding carboxylic acids is 1. The van der Waals surface area contributed by atoms with Crippen molar-refractivity contribution in [1.29, 1.82) is 0 Å². The standard InChI is InChI=1S/C9H16N2O4/c1-2-6(10)8(12)11-7-4-15-3-5(7)9(13)14/h5-7H,2-4,10H2,1H3,(H,11,12)(H,13,14)/t5?,6-,7?/m1/s1. The molecular weight excluding hydrogens is 200 g/mol. The van der Waals surface area contributed by atoms with E-state index in [9.17, 15) is 9.59 Å². The van der Waals surface area contributed by atoms with Crippen molar-refractivity contribution in [3.05, 3.63) is 0 Å². The van der Waals surface area contributed by atoms with Gasteiger partial charge in [-0.15, -0.1) is 0 Å². The molecule has 1 amide bonds. The molecule has 6 nitrogen and oxygen atoms in total. The van der Waals surface area contributed by atoms with Gasteiger partial charge in [0.15, 0.2) is 0 Å². The number of ether oxygens (including phenoxy) is 1. The molecule has 0 aromatic heterocycles. The van der Waals surface area contributed by atoms with Gasteiger partial charge < -0.3 is 20.9 Å². The third kappa shape index (κ3) is 2.90. The number of carboxylic acids is 1. The van der Waals surface area contributed by atoms with Crippen molar-refractivity contribution in [2.24, 2.45) is 11.7 Å². The van der Waals surface area contributed by atoms with Gasteiger partial charge in [-0.1, -0.05) is 6.92 Å². The van der Waals surface area contributed by atoms with Crippen LogP contribution in [0.1, 0.15) is 13.3 Å². The van der Waals surface area contributed by atoms with Crippen molar-refractivity contribution in [2.45, 2.75) is 25.4 Å². The van der Waals surface area contributed by atoms with Crippen LogP contribution < -0.4 is 11.1 Å². The molecule has 86 valence electrons. The van der Waals surface area contributed by atoms with Crippen LogP contribution >= 0.6 is 0 Å². The summed E-state index contributed by atoms with van der Waals surface area (Å²) in [7, 11) is 0. The predicted octanol–water partition coefficient (Wildman–Crippen LogP) is -1.06. The SMILES string of the molecule is CC[C@@H](N)C(=O)NC1COCC1C(=O)O. The second kappa shape index (κ2) is 5.09. The Bertz CT molecular complexity index is 256. The van der Waals surface area contributed by atoms with Crippen LogP contribution in [0.5, 0.6) is 0 Å². The quantitative estimate of drug-likeness (QED) is 0.556. The fraction of sp³-hybridized carbons (Fsp3) is 0.778. The largest absolute Gasteiger partial charge is 0.481 e. The molecule has 0 saturated carbocycles. The zero-order valence-electron chi connectivity index (χ0n) is 8.60. The Labute approximate surface area is 87.8 Å². The Morgan fingerprint density at radius 2 is 2.27 bits per heavy atom. The Hall–Kier alpha value is -1.14. The Balaban J connectivity index is 2.50. The summed E-state index contributed by atoms with van der Waals surface area (Å²) in [5.41, 5.74) is 5.52. The van der Waals surface area contributed by atoms with E-state index in [1.807, 2.05) is 0 Å². The predicted molar refractivity (Wildman–Crippen MR) is 52.1 cm³/mol. The summed E-state index contributed by atoms with van der Waals surface area (Å²) in [5, 5.41) is 11.4. The monoisotopic (exact) mass is 216 g/mol. The molecule has 0 aromatic rings. The van der Waals surface area contributed by atoms with Crippen LogP contribution in [0.4, 0.5) is 0 Å². The molecule has 0 aromatic carbocycles. The van der Waals surface area contributed by atoms with Gasteiger partial charge in [0.2, 0.25) is 5.91 Å². The number of carboxylic acid groups (broad SMARTS) is 1. The minimum absolute atomic E-state index is 0.141. The van der Waals surface area contributed by atoms with Gasteiger partial charge in [0.05, 0.1) is 25.3 Å². The first kappa shape index (κ1) is 11.9. The van der Waals surface area contributed by atoms with Gasteiger partial charge in [-0.2, -0.15) is 0 Å². The molecule has 1 aliphatic rings. The number of nitrogens with one attached hydrogen (secondary N) is 1. The zero-order valence-corrected chi connectivity index (χ0v) is 8.60. The van der Waals surface area contributed by atoms with Crippen molar-refractivity contribution in [3.8, 4) is 0 Å². The Morgan fingerprint density at radius 1 is 1.60 bits per heavy atom. The fourth-order valence-corrected chi connectivity index (χ4v) is 1.42. The van der Waals surface area contributed by atoms with E-state index in [1.165, 1.54) is 0 Å². The molecular formula is C9H16N2O4. The van der Waals surface area contributed by atoms with Crippen LogP contribution in [0.2, 0.25) is 0 Å². The van der Waals surface area contributed by atoms with E-state index < -0.39 is 24.0 Å². The average molecular weight is 216 g/mol. The number of nitrogens with two attached hydrogens (primary N) is 1. The number of hydrogen-bond acceptors (Lipinski definition) is 4. The molecule has 1 aliphatic heterocycles. The van der Waals surface area contributed by atoms with E-state index >= 15 is 0 Å². The first-order chi connectivity index (χ1) is 7.06. The molecule has 2 unspecified atom stereocenters. The number of aliphatic carboxylic acids is 1. The van der Waals surface area contributed by atoms with E-state index in [2.05, 4.69) is 5.32 Å². The molecule has 3 atom stereocenters. The summed E-state index contributed by atoms with van der Waals surface area (Å²) in [4.78, 5) is 22.2. The molecule has 1 rings (SSSR count). The molecule has 1 heterocycles. The summed E-state index contributed by atoms with van der Waals surface area (Å²) < 4.78 is 5.01. The summed E-state index contributed by atoms with van der Waals surface area (Å²) in [6.07, 6.45) is 0.525. The normalized spacial score (nSPS) is 27.3. The number of carbonyl (C=O) groups is 2. The van der Waals surface area contributed by atoms with Crippen LogP contribution in [0.3, 0.4) is 0 Å². The lowest BCUT2D eigenvalue weighted by Gasteiger charge is -2.17. The summed E-state index contributed by atoms with van der Waals surface area (Å²) in [6, 6.07) is -1.05. The van der Waals surface area contributed by atoms with Gasteiger partial charge in [-0.25, -0.2) is 0 Å². The van der Waals surface area contributed by atoms with Crippen molar-refractivity contribution in [2.75, 3.05) is 13.2 Å². The van der Waals surface area contributed by atoms with Crippen LogP contribution in [-0.4, -0.2) is 42.3 Å². The molecule has 4 N–H and O–H groups in total. The maximum Gasteiger partial charge on any atom is 0.311 e. The summed E-state index contributed by atoms with van der Waals surface area (Å²) in [6.45, 7) is 2.17. The van der Waals surface area contributed by atoms with Gasteiger partial charge in [0.1, 0.15) is 5.92 Å². The van der Waals surface area contributed by atoms with Crippen molar-refractivity contribution in [1.82, 2.24) is 5.32 Å². The molecule has 0 spiro atoms. The molecule has 15 heavy (non-hydrogen) atoms. The van der Waals surface area contributed by atoms with Gasteiger partial charge in [0.25, 0.3) is 0 Å². The van der Waals surface area contributed by atoms with Crippen molar-refractivity contribution in [3.63, 3.8) is 0 Å². The van der Waals surface area contributed by atoms with Gasteiger partial charge >= 0.3 is 5.97 Å². The van der Waals surface area contributed by atoms with Gasteiger partial charge in [0, 0.05) is 0 Å². The average Bonchev–Trinajstić information content (AvgIpc) is 2.64. The van der Waals surface area contributed by atoms with E-state index in [-0.39, 0.29) is 19.1 Å². The molecule has 0 radical (unpaired) electrons. The molecule has 1 fully saturated rings. The first-order valence-electron chi connectivity index (χ1n) is 4.92. The third-order valence-corrected chi connectivity index (χ3v) is 2.50. The molecule has 1 saturated heterocycles. The second-order valence-electron chi connectivity index (χ2n) is 3.61. The van der Waals surface area contributed by atoms with E-state index in [0.717, 1.165) is 0 Å². The minimum Gasteiger partial charge on any atom is -0.481 e. The summed E-state index contributed by atoms with van der Waals surface area (Å²) in [5.74, 6) is -1.94.